The van der Waals surface area contributed by atoms with Crippen LogP contribution in [-0.2, 0) is 0 Å². The second-order valence-corrected chi connectivity index (χ2v) is 6.67. The summed E-state index contributed by atoms with van der Waals surface area (Å²) in [5.41, 5.74) is 0. The average Bonchev–Trinajstić information content (AvgIpc) is 2.68. The van der Waals surface area contributed by atoms with Crippen molar-refractivity contribution in [1.29, 1.82) is 0 Å². The van der Waals surface area contributed by atoms with Gasteiger partial charge in [-0.05, 0) is 25.0 Å². The largest absolute Gasteiger partial charge is 0.361 e. The quantitative estimate of drug-likeness (QED) is 0.826. The Bertz CT molecular complexity index is 225. The van der Waals surface area contributed by atoms with Crippen molar-refractivity contribution in [2.75, 3.05) is 18.1 Å². The standard InChI is InChI=1S/C11H20N2S2/c1-2-4-10-7-12-11(15-10)13-9-5-3-6-14-8-9/h9-10H,2-8H2,1H3,(H,12,13). The summed E-state index contributed by atoms with van der Waals surface area (Å²) in [6, 6.07) is 0.676. The molecular formula is C11H20N2S2. The molecule has 1 fully saturated rings. The lowest BCUT2D eigenvalue weighted by Crippen LogP contribution is -2.36. The molecule has 0 aromatic heterocycles. The Hall–Kier alpha value is 0.170. The highest BCUT2D eigenvalue weighted by molar-refractivity contribution is 8.14. The van der Waals surface area contributed by atoms with Crippen molar-refractivity contribution in [2.45, 2.75) is 43.9 Å². The molecule has 2 atom stereocenters. The number of hydrogen-bond donors (Lipinski definition) is 1. The normalized spacial score (nSPS) is 31.4. The topological polar surface area (TPSA) is 24.4 Å². The maximum Gasteiger partial charge on any atom is 0.157 e. The summed E-state index contributed by atoms with van der Waals surface area (Å²) in [4.78, 5) is 4.59. The Balaban J connectivity index is 1.71. The van der Waals surface area contributed by atoms with Gasteiger partial charge in [0.1, 0.15) is 0 Å². The van der Waals surface area contributed by atoms with Crippen LogP contribution in [0.15, 0.2) is 4.99 Å². The molecule has 0 amide bonds. The second-order valence-electron chi connectivity index (χ2n) is 4.23. The summed E-state index contributed by atoms with van der Waals surface area (Å²) in [6.45, 7) is 3.28. The smallest absolute Gasteiger partial charge is 0.157 e. The molecule has 86 valence electrons. The van der Waals surface area contributed by atoms with Crippen molar-refractivity contribution in [3.63, 3.8) is 0 Å². The van der Waals surface area contributed by atoms with E-state index >= 15 is 0 Å². The molecule has 1 N–H and O–H groups in total. The fourth-order valence-corrected chi connectivity index (χ4v) is 4.27. The number of rotatable bonds is 3. The van der Waals surface area contributed by atoms with Gasteiger partial charge in [-0.25, -0.2) is 0 Å². The van der Waals surface area contributed by atoms with Crippen molar-refractivity contribution in [3.05, 3.63) is 0 Å². The van der Waals surface area contributed by atoms with Crippen LogP contribution in [0.3, 0.4) is 0 Å². The number of amidine groups is 1. The van der Waals surface area contributed by atoms with Crippen LogP contribution in [-0.4, -0.2) is 34.5 Å². The molecule has 2 nitrogen and oxygen atoms in total. The Morgan fingerprint density at radius 1 is 1.53 bits per heavy atom. The predicted octanol–water partition coefficient (Wildman–Crippen LogP) is 2.74. The molecule has 2 aliphatic rings. The van der Waals surface area contributed by atoms with Gasteiger partial charge < -0.3 is 5.32 Å². The number of hydrogen-bond acceptors (Lipinski definition) is 4. The highest BCUT2D eigenvalue weighted by Gasteiger charge is 2.21. The fourth-order valence-electron chi connectivity index (χ4n) is 2.00. The molecule has 0 aliphatic carbocycles. The van der Waals surface area contributed by atoms with E-state index in [1.54, 1.807) is 0 Å². The Morgan fingerprint density at radius 2 is 2.47 bits per heavy atom. The van der Waals surface area contributed by atoms with Crippen LogP contribution >= 0.6 is 23.5 Å². The predicted molar refractivity (Wildman–Crippen MR) is 72.1 cm³/mol. The first kappa shape index (κ1) is 11.6. The van der Waals surface area contributed by atoms with E-state index in [4.69, 9.17) is 0 Å². The van der Waals surface area contributed by atoms with Gasteiger partial charge in [-0.15, -0.1) is 0 Å². The molecule has 0 radical (unpaired) electrons. The molecule has 4 heteroatoms. The van der Waals surface area contributed by atoms with Crippen molar-refractivity contribution >= 4 is 28.7 Å². The molecule has 0 spiro atoms. The first-order chi connectivity index (χ1) is 7.38. The minimum atomic E-state index is 0.676. The maximum atomic E-state index is 4.59. The number of nitrogens with one attached hydrogen (secondary N) is 1. The van der Waals surface area contributed by atoms with Crippen LogP contribution in [0, 0.1) is 0 Å². The third-order valence-electron chi connectivity index (χ3n) is 2.82. The molecule has 0 bridgehead atoms. The van der Waals surface area contributed by atoms with E-state index in [0.717, 1.165) is 11.8 Å². The highest BCUT2D eigenvalue weighted by atomic mass is 32.2. The van der Waals surface area contributed by atoms with E-state index in [1.807, 2.05) is 11.8 Å². The molecule has 2 aliphatic heterocycles. The Morgan fingerprint density at radius 3 is 3.20 bits per heavy atom. The summed E-state index contributed by atoms with van der Waals surface area (Å²) in [5, 5.41) is 5.55. The van der Waals surface area contributed by atoms with Gasteiger partial charge in [0.15, 0.2) is 5.17 Å². The highest BCUT2D eigenvalue weighted by Crippen LogP contribution is 2.25. The van der Waals surface area contributed by atoms with Gasteiger partial charge in [0.05, 0.1) is 6.54 Å². The van der Waals surface area contributed by atoms with E-state index in [2.05, 4.69) is 29.0 Å². The summed E-state index contributed by atoms with van der Waals surface area (Å²) >= 11 is 4.03. The summed E-state index contributed by atoms with van der Waals surface area (Å²) in [5.74, 6) is 2.61. The third-order valence-corrected chi connectivity index (χ3v) is 5.22. The van der Waals surface area contributed by atoms with Crippen molar-refractivity contribution in [3.8, 4) is 0 Å². The van der Waals surface area contributed by atoms with E-state index in [9.17, 15) is 0 Å². The van der Waals surface area contributed by atoms with E-state index < -0.39 is 0 Å². The average molecular weight is 244 g/mol. The minimum Gasteiger partial charge on any atom is -0.361 e. The zero-order chi connectivity index (χ0) is 10.5. The molecule has 2 unspecified atom stereocenters. The van der Waals surface area contributed by atoms with Crippen molar-refractivity contribution in [1.82, 2.24) is 5.32 Å². The number of thioether (sulfide) groups is 2. The summed E-state index contributed by atoms with van der Waals surface area (Å²) in [6.07, 6.45) is 5.27. The first-order valence-electron chi connectivity index (χ1n) is 5.94. The SMILES string of the molecule is CCCC1CN=C(NC2CCCSC2)S1. The first-order valence-corrected chi connectivity index (χ1v) is 7.97. The Labute approximate surface area is 101 Å². The van der Waals surface area contributed by atoms with Gasteiger partial charge in [0, 0.05) is 17.0 Å². The lowest BCUT2D eigenvalue weighted by molar-refractivity contribution is 0.597. The van der Waals surface area contributed by atoms with Crippen molar-refractivity contribution in [2.24, 2.45) is 4.99 Å². The third kappa shape index (κ3) is 3.59. The van der Waals surface area contributed by atoms with E-state index in [0.29, 0.717) is 6.04 Å². The van der Waals surface area contributed by atoms with Crippen LogP contribution in [0.5, 0.6) is 0 Å². The number of aliphatic imine (C=N–C) groups is 1. The van der Waals surface area contributed by atoms with Crippen LogP contribution in [0.2, 0.25) is 0 Å². The van der Waals surface area contributed by atoms with Crippen LogP contribution in [0.4, 0.5) is 0 Å². The fraction of sp³-hybridized carbons (Fsp3) is 0.909. The maximum absolute atomic E-state index is 4.59. The molecule has 0 aromatic rings. The van der Waals surface area contributed by atoms with Gasteiger partial charge >= 0.3 is 0 Å². The molecule has 0 saturated carbocycles. The van der Waals surface area contributed by atoms with Gasteiger partial charge in [0.25, 0.3) is 0 Å². The molecule has 2 heterocycles. The molecule has 0 aromatic carbocycles. The molecule has 2 rings (SSSR count). The zero-order valence-corrected chi connectivity index (χ0v) is 11.0. The van der Waals surface area contributed by atoms with Gasteiger partial charge in [0.2, 0.25) is 0 Å². The van der Waals surface area contributed by atoms with Gasteiger partial charge in [-0.3, -0.25) is 4.99 Å². The Kier molecular flexibility index (Phi) is 4.69. The van der Waals surface area contributed by atoms with Gasteiger partial charge in [-0.2, -0.15) is 11.8 Å². The zero-order valence-electron chi connectivity index (χ0n) is 9.37. The molecule has 15 heavy (non-hydrogen) atoms. The summed E-state index contributed by atoms with van der Waals surface area (Å²) < 4.78 is 0. The van der Waals surface area contributed by atoms with Crippen LogP contribution in [0.25, 0.3) is 0 Å². The van der Waals surface area contributed by atoms with E-state index in [-0.39, 0.29) is 0 Å². The van der Waals surface area contributed by atoms with Crippen LogP contribution < -0.4 is 5.32 Å². The van der Waals surface area contributed by atoms with Crippen LogP contribution in [0.1, 0.15) is 32.6 Å². The van der Waals surface area contributed by atoms with Crippen molar-refractivity contribution < 1.29 is 0 Å². The number of nitrogens with zero attached hydrogens (tertiary/aromatic N) is 1. The lowest BCUT2D eigenvalue weighted by atomic mass is 10.2. The van der Waals surface area contributed by atoms with E-state index in [1.165, 1.54) is 42.4 Å². The van der Waals surface area contributed by atoms with Gasteiger partial charge in [-0.1, -0.05) is 25.1 Å². The molecular weight excluding hydrogens is 224 g/mol. The lowest BCUT2D eigenvalue weighted by Gasteiger charge is -2.23. The monoisotopic (exact) mass is 244 g/mol. The summed E-state index contributed by atoms with van der Waals surface area (Å²) in [7, 11) is 0. The second kappa shape index (κ2) is 6.04. The molecule has 1 saturated heterocycles. The minimum absolute atomic E-state index is 0.676.